The first-order valence-corrected chi connectivity index (χ1v) is 6.99. The van der Waals surface area contributed by atoms with Gasteiger partial charge in [-0.3, -0.25) is 0 Å². The number of carboxylic acids is 1. The molecule has 0 bridgehead atoms. The summed E-state index contributed by atoms with van der Waals surface area (Å²) >= 11 is 3.23. The van der Waals surface area contributed by atoms with Crippen molar-refractivity contribution < 1.29 is 9.90 Å². The number of pyridine rings is 1. The fourth-order valence-corrected chi connectivity index (χ4v) is 3.75. The topological polar surface area (TPSA) is 53.1 Å². The molecule has 3 nitrogen and oxygen atoms in total. The van der Waals surface area contributed by atoms with E-state index in [1.54, 1.807) is 28.7 Å². The predicted octanol–water partition coefficient (Wildman–Crippen LogP) is 4.22. The van der Waals surface area contributed by atoms with Crippen LogP contribution in [0, 0.1) is 0 Å². The van der Waals surface area contributed by atoms with Crippen LogP contribution < -0.4 is 0 Å². The number of hydrogen-bond donors (Lipinski definition) is 2. The van der Waals surface area contributed by atoms with Crippen molar-refractivity contribution >= 4 is 38.0 Å². The Balaban J connectivity index is 2.36. The van der Waals surface area contributed by atoms with Gasteiger partial charge < -0.3 is 10.1 Å². The number of carbonyl (C=O) groups is 1. The second-order valence-electron chi connectivity index (χ2n) is 3.76. The minimum atomic E-state index is -0.917. The molecular weight excluding hydrogens is 266 g/mol. The maximum atomic E-state index is 11.0. The maximum Gasteiger partial charge on any atom is 0.337 e. The minimum absolute atomic E-state index is 0.277. The van der Waals surface area contributed by atoms with Gasteiger partial charge in [-0.15, -0.1) is 22.7 Å². The second kappa shape index (κ2) is 4.44. The van der Waals surface area contributed by atoms with Crippen molar-refractivity contribution in [1.29, 1.82) is 0 Å². The quantitative estimate of drug-likeness (QED) is 0.698. The molecule has 1 aromatic rings. The van der Waals surface area contributed by atoms with Gasteiger partial charge in [0.05, 0.1) is 16.1 Å². The van der Waals surface area contributed by atoms with Crippen LogP contribution in [0.25, 0.3) is 20.0 Å². The number of H-pyrrole nitrogens is 1. The van der Waals surface area contributed by atoms with Crippen LogP contribution >= 0.6 is 22.7 Å². The smallest absolute Gasteiger partial charge is 0.337 e. The highest BCUT2D eigenvalue weighted by Gasteiger charge is 2.08. The molecule has 18 heavy (non-hydrogen) atoms. The van der Waals surface area contributed by atoms with E-state index in [-0.39, 0.29) is 5.56 Å². The lowest BCUT2D eigenvalue weighted by molar-refractivity contribution is 0.0696. The molecule has 3 rings (SSSR count). The number of aromatic amines is 1. The highest BCUT2D eigenvalue weighted by molar-refractivity contribution is 7.27. The van der Waals surface area contributed by atoms with Gasteiger partial charge in [-0.25, -0.2) is 4.79 Å². The lowest BCUT2D eigenvalue weighted by Crippen LogP contribution is -1.97. The van der Waals surface area contributed by atoms with E-state index in [0.717, 1.165) is 15.3 Å². The highest BCUT2D eigenvalue weighted by atomic mass is 32.1. The summed E-state index contributed by atoms with van der Waals surface area (Å²) in [4.78, 5) is 14.9. The molecule has 0 amide bonds. The Kier molecular flexibility index (Phi) is 2.77. The molecule has 90 valence electrons. The van der Waals surface area contributed by atoms with E-state index in [9.17, 15) is 4.79 Å². The first-order chi connectivity index (χ1) is 8.74. The largest absolute Gasteiger partial charge is 0.478 e. The molecule has 1 aromatic carbocycles. The Morgan fingerprint density at radius 2 is 2.00 bits per heavy atom. The van der Waals surface area contributed by atoms with Crippen LogP contribution in [-0.4, -0.2) is 16.1 Å². The molecule has 2 N–H and O–H groups in total. The van der Waals surface area contributed by atoms with Crippen molar-refractivity contribution in [2.45, 2.75) is 0 Å². The standard InChI is InChI=1S/C13H9NO2S2/c15-13(16)8-5-12-9(14-6-8)7-17-10-3-1-2-4-11(10)18-12/h1-7,14H,(H,15,16). The Hall–Kier alpha value is -1.85. The predicted molar refractivity (Wildman–Crippen MR) is 75.3 cm³/mol. The number of aromatic nitrogens is 1. The molecule has 0 fully saturated rings. The first-order valence-electron chi connectivity index (χ1n) is 5.30. The minimum Gasteiger partial charge on any atom is -0.478 e. The SMILES string of the molecule is O=C(O)c1c[nH]c2csc3ccccc3sc-2c1. The molecule has 5 heteroatoms. The zero-order chi connectivity index (χ0) is 12.5. The van der Waals surface area contributed by atoms with Crippen LogP contribution in [0.3, 0.4) is 0 Å². The molecule has 2 aliphatic rings. The summed E-state index contributed by atoms with van der Waals surface area (Å²) in [6.07, 6.45) is 1.52. The van der Waals surface area contributed by atoms with Gasteiger partial charge in [0.2, 0.25) is 0 Å². The van der Waals surface area contributed by atoms with Gasteiger partial charge in [0.1, 0.15) is 0 Å². The fourth-order valence-electron chi connectivity index (χ4n) is 1.66. The van der Waals surface area contributed by atoms with E-state index < -0.39 is 5.97 Å². The monoisotopic (exact) mass is 275 g/mol. The normalized spacial score (nSPS) is 10.7. The zero-order valence-corrected chi connectivity index (χ0v) is 10.8. The molecule has 0 saturated heterocycles. The number of hydrogen-bond acceptors (Lipinski definition) is 3. The summed E-state index contributed by atoms with van der Waals surface area (Å²) in [7, 11) is 0. The van der Waals surface area contributed by atoms with Gasteiger partial charge >= 0.3 is 5.97 Å². The maximum absolute atomic E-state index is 11.0. The van der Waals surface area contributed by atoms with Crippen molar-refractivity contribution in [3.63, 3.8) is 0 Å². The molecule has 0 spiro atoms. The van der Waals surface area contributed by atoms with Gasteiger partial charge in [0, 0.05) is 21.0 Å². The van der Waals surface area contributed by atoms with Crippen molar-refractivity contribution in [3.05, 3.63) is 47.5 Å². The van der Waals surface area contributed by atoms with Gasteiger partial charge in [0.25, 0.3) is 0 Å². The number of carboxylic acid groups (broad SMARTS) is 1. The Bertz CT molecular complexity index is 736. The third kappa shape index (κ3) is 1.98. The number of aromatic carboxylic acids is 1. The average Bonchev–Trinajstić information content (AvgIpc) is 2.56. The van der Waals surface area contributed by atoms with Gasteiger partial charge in [-0.05, 0) is 18.2 Å². The van der Waals surface area contributed by atoms with Gasteiger partial charge in [-0.1, -0.05) is 12.1 Å². The summed E-state index contributed by atoms with van der Waals surface area (Å²) < 4.78 is 2.33. The van der Waals surface area contributed by atoms with Crippen molar-refractivity contribution in [2.75, 3.05) is 0 Å². The lowest BCUT2D eigenvalue weighted by atomic mass is 10.2. The Labute approximate surface area is 111 Å². The van der Waals surface area contributed by atoms with E-state index in [2.05, 4.69) is 11.1 Å². The Morgan fingerprint density at radius 3 is 2.78 bits per heavy atom. The van der Waals surface area contributed by atoms with E-state index in [1.165, 1.54) is 10.9 Å². The number of rotatable bonds is 1. The molecule has 0 atom stereocenters. The molecule has 0 unspecified atom stereocenters. The summed E-state index contributed by atoms with van der Waals surface area (Å²) in [5.41, 5.74) is 1.23. The summed E-state index contributed by atoms with van der Waals surface area (Å²) in [5.74, 6) is -0.917. The molecular formula is C13H9NO2S2. The number of nitrogens with one attached hydrogen (secondary N) is 1. The van der Waals surface area contributed by atoms with E-state index in [4.69, 9.17) is 5.11 Å². The van der Waals surface area contributed by atoms with Crippen molar-refractivity contribution in [3.8, 4) is 10.6 Å². The van der Waals surface area contributed by atoms with Crippen LogP contribution in [0.5, 0.6) is 0 Å². The second-order valence-corrected chi connectivity index (χ2v) is 5.75. The van der Waals surface area contributed by atoms with Crippen molar-refractivity contribution in [2.24, 2.45) is 0 Å². The van der Waals surface area contributed by atoms with Crippen LogP contribution in [0.4, 0.5) is 0 Å². The van der Waals surface area contributed by atoms with Crippen LogP contribution in [0.15, 0.2) is 41.9 Å². The van der Waals surface area contributed by atoms with E-state index >= 15 is 0 Å². The third-order valence-electron chi connectivity index (χ3n) is 2.55. The van der Waals surface area contributed by atoms with Crippen LogP contribution in [-0.2, 0) is 0 Å². The molecule has 0 saturated carbocycles. The molecule has 0 aromatic heterocycles. The fraction of sp³-hybridized carbons (Fsp3) is 0. The first kappa shape index (κ1) is 11.3. The van der Waals surface area contributed by atoms with E-state index in [0.29, 0.717) is 0 Å². The van der Waals surface area contributed by atoms with Gasteiger partial charge in [-0.2, -0.15) is 0 Å². The van der Waals surface area contributed by atoms with Crippen molar-refractivity contribution in [1.82, 2.24) is 4.98 Å². The van der Waals surface area contributed by atoms with Crippen LogP contribution in [0.1, 0.15) is 10.4 Å². The van der Waals surface area contributed by atoms with Gasteiger partial charge in [0.15, 0.2) is 0 Å². The highest BCUT2D eigenvalue weighted by Crippen LogP contribution is 2.32. The summed E-state index contributed by atoms with van der Waals surface area (Å²) in [6, 6.07) is 9.81. The van der Waals surface area contributed by atoms with Crippen LogP contribution in [0.2, 0.25) is 0 Å². The summed E-state index contributed by atoms with van der Waals surface area (Å²) in [5, 5.41) is 11.0. The Morgan fingerprint density at radius 1 is 1.22 bits per heavy atom. The average molecular weight is 275 g/mol. The molecule has 0 radical (unpaired) electrons. The number of benzene rings is 1. The molecule has 2 heterocycles. The summed E-state index contributed by atoms with van der Waals surface area (Å²) in [6.45, 7) is 0. The third-order valence-corrected chi connectivity index (χ3v) is 4.78. The number of fused-ring (bicyclic) bond motifs is 2. The molecule has 0 aliphatic carbocycles. The van der Waals surface area contributed by atoms with E-state index in [1.807, 2.05) is 23.6 Å². The lowest BCUT2D eigenvalue weighted by Gasteiger charge is -2.01. The zero-order valence-electron chi connectivity index (χ0n) is 9.21. The molecule has 2 aliphatic heterocycles.